The van der Waals surface area contributed by atoms with Gasteiger partial charge in [0.05, 0.1) is 11.3 Å². The van der Waals surface area contributed by atoms with E-state index in [-0.39, 0.29) is 17.2 Å². The van der Waals surface area contributed by atoms with Crippen LogP contribution in [-0.4, -0.2) is 21.6 Å². The van der Waals surface area contributed by atoms with Crippen LogP contribution in [0.4, 0.5) is 5.69 Å². The zero-order chi connectivity index (χ0) is 18.8. The Hall–Kier alpha value is -3.06. The molecule has 0 unspecified atom stereocenters. The molecule has 0 aliphatic rings. The first-order valence-electron chi connectivity index (χ1n) is 8.56. The molecular formula is C20H17N3O3S. The van der Waals surface area contributed by atoms with E-state index in [1.165, 1.54) is 11.8 Å². The second kappa shape index (κ2) is 7.28. The largest absolute Gasteiger partial charge is 0.431 e. The lowest BCUT2D eigenvalue weighted by Crippen LogP contribution is -2.14. The highest BCUT2D eigenvalue weighted by atomic mass is 32.2. The molecule has 1 amide bonds. The van der Waals surface area contributed by atoms with Crippen molar-refractivity contribution in [1.82, 2.24) is 9.97 Å². The van der Waals surface area contributed by atoms with Gasteiger partial charge in [-0.1, -0.05) is 36.9 Å². The average Bonchev–Trinajstić information content (AvgIpc) is 3.08. The molecule has 7 heteroatoms. The Morgan fingerprint density at radius 2 is 2.07 bits per heavy atom. The fourth-order valence-electron chi connectivity index (χ4n) is 2.94. The normalized spacial score (nSPS) is 11.1. The molecular weight excluding hydrogens is 362 g/mol. The molecule has 0 fully saturated rings. The number of hydrogen-bond acceptors (Lipinski definition) is 5. The van der Waals surface area contributed by atoms with E-state index < -0.39 is 0 Å². The third-order valence-electron chi connectivity index (χ3n) is 4.19. The summed E-state index contributed by atoms with van der Waals surface area (Å²) in [5.41, 5.74) is 3.65. The van der Waals surface area contributed by atoms with Crippen LogP contribution in [0, 0.1) is 0 Å². The van der Waals surface area contributed by atoms with Gasteiger partial charge < -0.3 is 14.7 Å². The maximum atomic E-state index is 12.3. The lowest BCUT2D eigenvalue weighted by molar-refractivity contribution is -0.113. The topological polar surface area (TPSA) is 88.0 Å². The zero-order valence-electron chi connectivity index (χ0n) is 14.6. The van der Waals surface area contributed by atoms with E-state index in [0.29, 0.717) is 22.0 Å². The van der Waals surface area contributed by atoms with E-state index in [0.717, 1.165) is 22.9 Å². The minimum Gasteiger partial charge on any atom is -0.431 e. The minimum atomic E-state index is -0.171. The van der Waals surface area contributed by atoms with Crippen LogP contribution in [0.3, 0.4) is 0 Å². The van der Waals surface area contributed by atoms with Crippen molar-refractivity contribution in [2.45, 2.75) is 18.6 Å². The van der Waals surface area contributed by atoms with Gasteiger partial charge in [-0.05, 0) is 36.2 Å². The molecule has 0 aliphatic carbocycles. The molecule has 6 nitrogen and oxygen atoms in total. The number of benzene rings is 2. The number of aromatic nitrogens is 2. The summed E-state index contributed by atoms with van der Waals surface area (Å²) in [5, 5.41) is 4.29. The van der Waals surface area contributed by atoms with Crippen molar-refractivity contribution in [3.63, 3.8) is 0 Å². The number of carbonyl (C=O) groups excluding carboxylic acids is 1. The molecule has 4 rings (SSSR count). The number of fused-ring (bicyclic) bond motifs is 2. The fraction of sp³-hybridized carbons (Fsp3) is 0.150. The number of amides is 1. The second-order valence-electron chi connectivity index (χ2n) is 6.06. The van der Waals surface area contributed by atoms with Gasteiger partial charge in [-0.25, -0.2) is 4.98 Å². The number of aryl methyl sites for hydroxylation is 1. The third kappa shape index (κ3) is 3.73. The molecule has 0 saturated carbocycles. The summed E-state index contributed by atoms with van der Waals surface area (Å²) in [6, 6.07) is 14.6. The monoisotopic (exact) mass is 379 g/mol. The summed E-state index contributed by atoms with van der Waals surface area (Å²) < 4.78 is 5.60. The molecule has 0 spiro atoms. The Kier molecular flexibility index (Phi) is 4.68. The first-order valence-corrected chi connectivity index (χ1v) is 9.55. The van der Waals surface area contributed by atoms with Crippen molar-refractivity contribution in [3.8, 4) is 0 Å². The predicted molar refractivity (Wildman–Crippen MR) is 107 cm³/mol. The van der Waals surface area contributed by atoms with E-state index in [4.69, 9.17) is 4.42 Å². The number of carbonyl (C=O) groups is 1. The number of rotatable bonds is 5. The van der Waals surface area contributed by atoms with E-state index in [1.54, 1.807) is 12.1 Å². The second-order valence-corrected chi connectivity index (χ2v) is 6.98. The number of H-pyrrole nitrogens is 1. The number of pyridine rings is 1. The molecule has 136 valence electrons. The molecule has 2 aromatic carbocycles. The van der Waals surface area contributed by atoms with Crippen LogP contribution < -0.4 is 10.9 Å². The number of anilines is 1. The van der Waals surface area contributed by atoms with E-state index >= 15 is 0 Å². The minimum absolute atomic E-state index is 0.144. The van der Waals surface area contributed by atoms with Crippen LogP contribution in [0.25, 0.3) is 22.0 Å². The van der Waals surface area contributed by atoms with Gasteiger partial charge in [-0.2, -0.15) is 0 Å². The molecule has 2 heterocycles. The summed E-state index contributed by atoms with van der Waals surface area (Å²) in [4.78, 5) is 31.2. The maximum Gasteiger partial charge on any atom is 0.257 e. The molecule has 2 aromatic heterocycles. The number of aromatic amines is 1. The third-order valence-corrected chi connectivity index (χ3v) is 5.02. The van der Waals surface area contributed by atoms with Crippen LogP contribution in [0.1, 0.15) is 12.5 Å². The van der Waals surface area contributed by atoms with Crippen LogP contribution in [-0.2, 0) is 11.2 Å². The van der Waals surface area contributed by atoms with Gasteiger partial charge in [0.25, 0.3) is 5.22 Å². The summed E-state index contributed by atoms with van der Waals surface area (Å²) >= 11 is 1.24. The summed E-state index contributed by atoms with van der Waals surface area (Å²) in [6.45, 7) is 2.01. The number of para-hydroxylation sites is 2. The molecule has 0 radical (unpaired) electrons. The molecule has 0 saturated heterocycles. The van der Waals surface area contributed by atoms with Gasteiger partial charge in [-0.15, -0.1) is 0 Å². The van der Waals surface area contributed by atoms with Gasteiger partial charge in [-0.3, -0.25) is 9.59 Å². The summed E-state index contributed by atoms with van der Waals surface area (Å²) in [5.74, 6) is 0.00622. The first-order chi connectivity index (χ1) is 13.1. The Labute approximate surface area is 159 Å². The highest BCUT2D eigenvalue weighted by Crippen LogP contribution is 2.24. The zero-order valence-corrected chi connectivity index (χ0v) is 15.4. The lowest BCUT2D eigenvalue weighted by Gasteiger charge is -2.08. The average molecular weight is 379 g/mol. The standard InChI is InChI=1S/C20H17N3O3S/c1-2-12-9-18(24)22-16-10-13(7-8-14(12)16)21-19(25)11-27-20-23-15-5-3-4-6-17(15)26-20/h3-10H,2,11H2,1H3,(H,21,25)(H,22,24). The van der Waals surface area contributed by atoms with Crippen molar-refractivity contribution in [1.29, 1.82) is 0 Å². The fourth-order valence-corrected chi connectivity index (χ4v) is 3.58. The van der Waals surface area contributed by atoms with Crippen LogP contribution >= 0.6 is 11.8 Å². The smallest absolute Gasteiger partial charge is 0.257 e. The van der Waals surface area contributed by atoms with Crippen LogP contribution in [0.5, 0.6) is 0 Å². The van der Waals surface area contributed by atoms with Crippen molar-refractivity contribution in [2.24, 2.45) is 0 Å². The van der Waals surface area contributed by atoms with Gasteiger partial charge in [0, 0.05) is 17.1 Å². The maximum absolute atomic E-state index is 12.3. The molecule has 0 aliphatic heterocycles. The van der Waals surface area contributed by atoms with E-state index in [1.807, 2.05) is 43.3 Å². The molecule has 2 N–H and O–H groups in total. The van der Waals surface area contributed by atoms with E-state index in [9.17, 15) is 9.59 Å². The Morgan fingerprint density at radius 1 is 1.22 bits per heavy atom. The van der Waals surface area contributed by atoms with Crippen LogP contribution in [0.2, 0.25) is 0 Å². The van der Waals surface area contributed by atoms with Gasteiger partial charge >= 0.3 is 0 Å². The number of oxazole rings is 1. The molecule has 0 atom stereocenters. The molecule has 0 bridgehead atoms. The van der Waals surface area contributed by atoms with Gasteiger partial charge in [0.15, 0.2) is 5.58 Å². The molecule has 27 heavy (non-hydrogen) atoms. The Balaban J connectivity index is 1.46. The van der Waals surface area contributed by atoms with Crippen LogP contribution in [0.15, 0.2) is 63.0 Å². The number of nitrogens with one attached hydrogen (secondary N) is 2. The van der Waals surface area contributed by atoms with Gasteiger partial charge in [0.2, 0.25) is 11.5 Å². The summed E-state index contributed by atoms with van der Waals surface area (Å²) in [7, 11) is 0. The quantitative estimate of drug-likeness (QED) is 0.513. The Morgan fingerprint density at radius 3 is 2.89 bits per heavy atom. The highest BCUT2D eigenvalue weighted by Gasteiger charge is 2.10. The molecule has 4 aromatic rings. The number of thioether (sulfide) groups is 1. The van der Waals surface area contributed by atoms with Crippen molar-refractivity contribution in [3.05, 3.63) is 64.4 Å². The summed E-state index contributed by atoms with van der Waals surface area (Å²) in [6.07, 6.45) is 0.771. The first kappa shape index (κ1) is 17.4. The van der Waals surface area contributed by atoms with Crippen molar-refractivity contribution in [2.75, 3.05) is 11.1 Å². The Bertz CT molecular complexity index is 1160. The number of nitrogens with zero attached hydrogens (tertiary/aromatic N) is 1. The predicted octanol–water partition coefficient (Wildman–Crippen LogP) is 3.96. The van der Waals surface area contributed by atoms with Crippen molar-refractivity contribution < 1.29 is 9.21 Å². The van der Waals surface area contributed by atoms with Crippen molar-refractivity contribution >= 4 is 45.4 Å². The number of hydrogen-bond donors (Lipinski definition) is 2. The lowest BCUT2D eigenvalue weighted by atomic mass is 10.1. The highest BCUT2D eigenvalue weighted by molar-refractivity contribution is 7.99. The SMILES string of the molecule is CCc1cc(=O)[nH]c2cc(NC(=O)CSc3nc4ccccc4o3)ccc12. The van der Waals surface area contributed by atoms with E-state index in [2.05, 4.69) is 15.3 Å². The van der Waals surface area contributed by atoms with Gasteiger partial charge in [0.1, 0.15) is 5.52 Å².